The van der Waals surface area contributed by atoms with E-state index in [-0.39, 0.29) is 5.78 Å². The van der Waals surface area contributed by atoms with Crippen molar-refractivity contribution in [3.8, 4) is 11.4 Å². The number of ether oxygens (including phenoxy) is 1. The van der Waals surface area contributed by atoms with Gasteiger partial charge in [-0.1, -0.05) is 54.2 Å². The van der Waals surface area contributed by atoms with Crippen LogP contribution in [0.1, 0.15) is 23.2 Å². The lowest BCUT2D eigenvalue weighted by molar-refractivity contribution is 0.0982. The summed E-state index contributed by atoms with van der Waals surface area (Å²) < 4.78 is 7.02. The summed E-state index contributed by atoms with van der Waals surface area (Å²) >= 11 is 1.52. The molecule has 3 aromatic rings. The normalized spacial score (nSPS) is 10.6. The first kappa shape index (κ1) is 17.2. The molecule has 128 valence electrons. The molecule has 1 heterocycles. The third-order valence-corrected chi connectivity index (χ3v) is 4.63. The third kappa shape index (κ3) is 4.24. The number of ketones is 1. The average molecular weight is 354 g/mol. The van der Waals surface area contributed by atoms with Crippen molar-refractivity contribution in [2.75, 3.05) is 12.9 Å². The zero-order valence-electron chi connectivity index (χ0n) is 13.8. The smallest absolute Gasteiger partial charge is 0.214 e. The Kier molecular flexibility index (Phi) is 5.79. The van der Waals surface area contributed by atoms with Crippen LogP contribution in [0, 0.1) is 0 Å². The molecule has 0 spiro atoms. The molecule has 0 N–H and O–H groups in total. The topological polar surface area (TPSA) is 69.9 Å². The van der Waals surface area contributed by atoms with Crippen molar-refractivity contribution >= 4 is 17.5 Å². The van der Waals surface area contributed by atoms with Gasteiger partial charge in [-0.2, -0.15) is 4.68 Å². The van der Waals surface area contributed by atoms with E-state index in [1.54, 1.807) is 11.8 Å². The van der Waals surface area contributed by atoms with Crippen LogP contribution >= 0.6 is 11.8 Å². The lowest BCUT2D eigenvalue weighted by Gasteiger charge is -2.08. The zero-order chi connectivity index (χ0) is 17.5. The lowest BCUT2D eigenvalue weighted by Crippen LogP contribution is -2.03. The summed E-state index contributed by atoms with van der Waals surface area (Å²) in [6.07, 6.45) is 1.27. The van der Waals surface area contributed by atoms with Gasteiger partial charge in [0.25, 0.3) is 0 Å². The Labute approximate surface area is 150 Å². The third-order valence-electron chi connectivity index (χ3n) is 3.63. The van der Waals surface area contributed by atoms with E-state index in [4.69, 9.17) is 4.74 Å². The van der Waals surface area contributed by atoms with Gasteiger partial charge in [0.1, 0.15) is 11.4 Å². The van der Waals surface area contributed by atoms with Crippen molar-refractivity contribution in [2.24, 2.45) is 0 Å². The SMILES string of the molecule is COc1ccccc1-n1nnnc1SCCCC(=O)c1ccccc1. The van der Waals surface area contributed by atoms with E-state index < -0.39 is 0 Å². The van der Waals surface area contributed by atoms with Gasteiger partial charge in [-0.3, -0.25) is 4.79 Å². The number of aromatic nitrogens is 4. The fourth-order valence-electron chi connectivity index (χ4n) is 2.39. The van der Waals surface area contributed by atoms with E-state index in [2.05, 4.69) is 15.5 Å². The number of Topliss-reactive ketones (excluding diaryl/α,β-unsaturated/α-hetero) is 1. The molecule has 0 bridgehead atoms. The molecule has 0 aliphatic carbocycles. The maximum atomic E-state index is 12.1. The Balaban J connectivity index is 1.58. The van der Waals surface area contributed by atoms with Crippen LogP contribution in [0.5, 0.6) is 5.75 Å². The molecule has 2 aromatic carbocycles. The summed E-state index contributed by atoms with van der Waals surface area (Å²) in [5.74, 6) is 1.62. The summed E-state index contributed by atoms with van der Waals surface area (Å²) in [7, 11) is 1.62. The van der Waals surface area contributed by atoms with Gasteiger partial charge < -0.3 is 4.74 Å². The van der Waals surface area contributed by atoms with Crippen LogP contribution in [-0.4, -0.2) is 38.9 Å². The van der Waals surface area contributed by atoms with Gasteiger partial charge in [-0.05, 0) is 29.0 Å². The maximum Gasteiger partial charge on any atom is 0.214 e. The maximum absolute atomic E-state index is 12.1. The van der Waals surface area contributed by atoms with Gasteiger partial charge in [-0.25, -0.2) is 0 Å². The van der Waals surface area contributed by atoms with Crippen LogP contribution in [0.3, 0.4) is 0 Å². The number of methoxy groups -OCH3 is 1. The summed E-state index contributed by atoms with van der Waals surface area (Å²) in [6.45, 7) is 0. The summed E-state index contributed by atoms with van der Waals surface area (Å²) in [5.41, 5.74) is 1.55. The predicted octanol–water partition coefficient (Wildman–Crippen LogP) is 3.43. The molecule has 0 aliphatic rings. The van der Waals surface area contributed by atoms with Crippen molar-refractivity contribution in [3.63, 3.8) is 0 Å². The number of hydrogen-bond donors (Lipinski definition) is 0. The minimum Gasteiger partial charge on any atom is -0.494 e. The Morgan fingerprint density at radius 3 is 2.68 bits per heavy atom. The van der Waals surface area contributed by atoms with Gasteiger partial charge >= 0.3 is 0 Å². The van der Waals surface area contributed by atoms with E-state index in [9.17, 15) is 4.79 Å². The highest BCUT2D eigenvalue weighted by molar-refractivity contribution is 7.99. The van der Waals surface area contributed by atoms with Crippen LogP contribution in [0.15, 0.2) is 59.8 Å². The monoisotopic (exact) mass is 354 g/mol. The minimum atomic E-state index is 0.158. The summed E-state index contributed by atoms with van der Waals surface area (Å²) in [4.78, 5) is 12.1. The van der Waals surface area contributed by atoms with Gasteiger partial charge in [0, 0.05) is 17.7 Å². The highest BCUT2D eigenvalue weighted by atomic mass is 32.2. The predicted molar refractivity (Wildman–Crippen MR) is 96.4 cm³/mol. The molecule has 7 heteroatoms. The van der Waals surface area contributed by atoms with E-state index >= 15 is 0 Å². The molecule has 0 aliphatic heterocycles. The lowest BCUT2D eigenvalue weighted by atomic mass is 10.1. The number of para-hydroxylation sites is 2. The number of carbonyl (C=O) groups excluding carboxylic acids is 1. The van der Waals surface area contributed by atoms with Crippen molar-refractivity contribution in [3.05, 3.63) is 60.2 Å². The Hall–Kier alpha value is -2.67. The van der Waals surface area contributed by atoms with E-state index in [1.807, 2.05) is 54.6 Å². The second-order valence-electron chi connectivity index (χ2n) is 5.29. The Bertz CT molecular complexity index is 836. The average Bonchev–Trinajstić information content (AvgIpc) is 3.14. The van der Waals surface area contributed by atoms with Gasteiger partial charge in [0.2, 0.25) is 5.16 Å². The number of benzene rings is 2. The Morgan fingerprint density at radius 2 is 1.88 bits per heavy atom. The molecule has 3 rings (SSSR count). The first-order valence-electron chi connectivity index (χ1n) is 7.92. The second kappa shape index (κ2) is 8.43. The molecule has 1 aromatic heterocycles. The molecule has 0 amide bonds. The first-order chi connectivity index (χ1) is 12.3. The molecule has 6 nitrogen and oxygen atoms in total. The number of hydrogen-bond acceptors (Lipinski definition) is 6. The molecule has 0 unspecified atom stereocenters. The number of carbonyl (C=O) groups is 1. The molecule has 0 radical (unpaired) electrons. The number of thioether (sulfide) groups is 1. The van der Waals surface area contributed by atoms with Crippen molar-refractivity contribution in [1.29, 1.82) is 0 Å². The van der Waals surface area contributed by atoms with Gasteiger partial charge in [0.15, 0.2) is 5.78 Å². The molecule has 0 atom stereocenters. The van der Waals surface area contributed by atoms with Gasteiger partial charge in [-0.15, -0.1) is 5.10 Å². The van der Waals surface area contributed by atoms with Gasteiger partial charge in [0.05, 0.1) is 7.11 Å². The first-order valence-corrected chi connectivity index (χ1v) is 8.91. The molecule has 0 saturated carbocycles. The summed E-state index contributed by atoms with van der Waals surface area (Å²) in [5, 5.41) is 12.5. The minimum absolute atomic E-state index is 0.158. The standard InChI is InChI=1S/C18H18N4O2S/c1-24-17-12-6-5-10-15(17)22-18(19-20-21-22)25-13-7-11-16(23)14-8-3-2-4-9-14/h2-6,8-10,12H,7,11,13H2,1H3. The van der Waals surface area contributed by atoms with Crippen molar-refractivity contribution in [1.82, 2.24) is 20.2 Å². The molecule has 0 saturated heterocycles. The van der Waals surface area contributed by atoms with Crippen molar-refractivity contribution < 1.29 is 9.53 Å². The second-order valence-corrected chi connectivity index (χ2v) is 6.35. The fourth-order valence-corrected chi connectivity index (χ4v) is 3.21. The van der Waals surface area contributed by atoms with Crippen LogP contribution in [0.4, 0.5) is 0 Å². The van der Waals surface area contributed by atoms with E-state index in [0.717, 1.165) is 23.4 Å². The molecule has 25 heavy (non-hydrogen) atoms. The highest BCUT2D eigenvalue weighted by Crippen LogP contribution is 2.26. The van der Waals surface area contributed by atoms with Crippen LogP contribution < -0.4 is 4.74 Å². The molecular weight excluding hydrogens is 336 g/mol. The van der Waals surface area contributed by atoms with E-state index in [0.29, 0.717) is 17.3 Å². The van der Waals surface area contributed by atoms with Crippen LogP contribution in [0.25, 0.3) is 5.69 Å². The number of rotatable bonds is 8. The van der Waals surface area contributed by atoms with Crippen LogP contribution in [-0.2, 0) is 0 Å². The molecular formula is C18H18N4O2S. The fraction of sp³-hybridized carbons (Fsp3) is 0.222. The zero-order valence-corrected chi connectivity index (χ0v) is 14.6. The largest absolute Gasteiger partial charge is 0.494 e. The Morgan fingerprint density at radius 1 is 1.12 bits per heavy atom. The van der Waals surface area contributed by atoms with Crippen LogP contribution in [0.2, 0.25) is 0 Å². The quantitative estimate of drug-likeness (QED) is 0.351. The van der Waals surface area contributed by atoms with E-state index in [1.165, 1.54) is 11.8 Å². The number of tetrazole rings is 1. The van der Waals surface area contributed by atoms with Crippen molar-refractivity contribution in [2.45, 2.75) is 18.0 Å². The molecule has 0 fully saturated rings. The summed E-state index contributed by atoms with van der Waals surface area (Å²) in [6, 6.07) is 16.9. The number of nitrogens with zero attached hydrogens (tertiary/aromatic N) is 4. The highest BCUT2D eigenvalue weighted by Gasteiger charge is 2.13.